The summed E-state index contributed by atoms with van der Waals surface area (Å²) in [6, 6.07) is 24.2. The van der Waals surface area contributed by atoms with Gasteiger partial charge >= 0.3 is 6.03 Å². The van der Waals surface area contributed by atoms with Crippen molar-refractivity contribution in [1.29, 1.82) is 0 Å². The Bertz CT molecular complexity index is 790. The van der Waals surface area contributed by atoms with Gasteiger partial charge in [0.05, 0.1) is 0 Å². The molecule has 0 unspecified atom stereocenters. The van der Waals surface area contributed by atoms with Gasteiger partial charge in [0.2, 0.25) is 5.69 Å². The predicted molar refractivity (Wildman–Crippen MR) is 101 cm³/mol. The van der Waals surface area contributed by atoms with Gasteiger partial charge in [-0.2, -0.15) is 5.10 Å². The highest BCUT2D eigenvalue weighted by molar-refractivity contribution is 6.11. The fourth-order valence-electron chi connectivity index (χ4n) is 2.20. The Kier molecular flexibility index (Phi) is 10.7. The van der Waals surface area contributed by atoms with Gasteiger partial charge in [-0.05, 0) is 18.2 Å². The highest BCUT2D eigenvalue weighted by Gasteiger charge is 2.13. The number of anilines is 1. The van der Waals surface area contributed by atoms with Gasteiger partial charge < -0.3 is 28.7 Å². The van der Waals surface area contributed by atoms with Crippen LogP contribution < -0.4 is 28.1 Å². The van der Waals surface area contributed by atoms with E-state index in [0.717, 1.165) is 11.3 Å². The minimum atomic E-state index is -0.398. The number of benzene rings is 2. The molecule has 27 heavy (non-hydrogen) atoms. The lowest BCUT2D eigenvalue weighted by molar-refractivity contribution is -0.380. The number of halogens is 1. The molecular formula is C19H21ClN4O3. The average Bonchev–Trinajstić information content (AvgIpc) is 2.64. The van der Waals surface area contributed by atoms with Crippen LogP contribution in [0, 0.1) is 0 Å². The first-order chi connectivity index (χ1) is 11.8. The topological polar surface area (TPSA) is 131 Å². The number of urea groups is 1. The van der Waals surface area contributed by atoms with Crippen molar-refractivity contribution in [1.82, 2.24) is 5.43 Å². The van der Waals surface area contributed by atoms with E-state index >= 15 is 0 Å². The first-order valence-electron chi connectivity index (χ1n) is 7.55. The van der Waals surface area contributed by atoms with E-state index in [-0.39, 0.29) is 23.4 Å². The van der Waals surface area contributed by atoms with Crippen LogP contribution in [-0.2, 0) is 0 Å². The summed E-state index contributed by atoms with van der Waals surface area (Å²) in [6.45, 7) is 0. The van der Waals surface area contributed by atoms with Crippen LogP contribution >= 0.6 is 0 Å². The smallest absolute Gasteiger partial charge is 0.339 e. The van der Waals surface area contributed by atoms with Crippen molar-refractivity contribution in [3.63, 3.8) is 0 Å². The van der Waals surface area contributed by atoms with E-state index in [1.165, 1.54) is 0 Å². The number of H-pyrrole nitrogens is 1. The van der Waals surface area contributed by atoms with Gasteiger partial charge in [-0.15, -0.1) is 0 Å². The lowest BCUT2D eigenvalue weighted by Gasteiger charge is -2.06. The van der Waals surface area contributed by atoms with Crippen LogP contribution in [0.5, 0.6) is 0 Å². The van der Waals surface area contributed by atoms with Gasteiger partial charge in [0, 0.05) is 23.4 Å². The molecular weight excluding hydrogens is 368 g/mol. The van der Waals surface area contributed by atoms with Crippen LogP contribution in [0.1, 0.15) is 11.3 Å². The van der Waals surface area contributed by atoms with Gasteiger partial charge in [0.25, 0.3) is 0 Å². The molecule has 0 bridgehead atoms. The second-order valence-corrected chi connectivity index (χ2v) is 5.03. The maximum Gasteiger partial charge on any atom is 0.339 e. The number of nitrogens with zero attached hydrogens (tertiary/aromatic N) is 1. The second kappa shape index (κ2) is 12.2. The lowest BCUT2D eigenvalue weighted by Crippen LogP contribution is -3.00. The summed E-state index contributed by atoms with van der Waals surface area (Å²) in [5.74, 6) is 0. The Hall–Kier alpha value is -3.26. The van der Waals surface area contributed by atoms with Crippen molar-refractivity contribution in [2.75, 3.05) is 5.32 Å². The molecule has 0 saturated carbocycles. The van der Waals surface area contributed by atoms with E-state index in [2.05, 4.69) is 20.8 Å². The SMILES string of the molecule is O.O.O=C(N/N=C(\c1ccccc1)c1cccc[nH+]1)Nc1ccccc1.[Cl-]. The van der Waals surface area contributed by atoms with Crippen molar-refractivity contribution in [2.24, 2.45) is 5.10 Å². The molecule has 0 atom stereocenters. The van der Waals surface area contributed by atoms with Crippen LogP contribution in [0.15, 0.2) is 90.2 Å². The maximum absolute atomic E-state index is 12.0. The van der Waals surface area contributed by atoms with Gasteiger partial charge in [-0.3, -0.25) is 0 Å². The number of carbonyl (C=O) groups excluding carboxylic acids is 1. The zero-order valence-electron chi connectivity index (χ0n) is 14.3. The molecule has 0 saturated heterocycles. The fourth-order valence-corrected chi connectivity index (χ4v) is 2.20. The van der Waals surface area contributed by atoms with E-state index in [1.807, 2.05) is 85.1 Å². The molecule has 2 amide bonds. The molecule has 142 valence electrons. The number of pyridine rings is 1. The number of aromatic nitrogens is 1. The van der Waals surface area contributed by atoms with Crippen molar-refractivity contribution in [3.8, 4) is 0 Å². The van der Waals surface area contributed by atoms with E-state index < -0.39 is 6.03 Å². The number of carbonyl (C=O) groups is 1. The van der Waals surface area contributed by atoms with Crippen LogP contribution in [0.25, 0.3) is 0 Å². The first kappa shape index (κ1) is 23.7. The molecule has 1 heterocycles. The van der Waals surface area contributed by atoms with Crippen LogP contribution in [-0.4, -0.2) is 22.7 Å². The summed E-state index contributed by atoms with van der Waals surface area (Å²) in [6.07, 6.45) is 1.82. The van der Waals surface area contributed by atoms with E-state index in [4.69, 9.17) is 0 Å². The number of para-hydroxylation sites is 1. The van der Waals surface area contributed by atoms with Crippen molar-refractivity contribution in [2.45, 2.75) is 0 Å². The lowest BCUT2D eigenvalue weighted by atomic mass is 10.1. The molecule has 7 nitrogen and oxygen atoms in total. The van der Waals surface area contributed by atoms with Gasteiger partial charge in [0.1, 0.15) is 0 Å². The Morgan fingerprint density at radius 2 is 1.41 bits per heavy atom. The number of nitrogens with one attached hydrogen (secondary N) is 3. The summed E-state index contributed by atoms with van der Waals surface area (Å²) in [7, 11) is 0. The summed E-state index contributed by atoms with van der Waals surface area (Å²) in [4.78, 5) is 15.2. The number of hydrogen-bond donors (Lipinski definition) is 2. The number of hydrazone groups is 1. The summed E-state index contributed by atoms with van der Waals surface area (Å²) < 4.78 is 0. The third-order valence-electron chi connectivity index (χ3n) is 3.31. The largest absolute Gasteiger partial charge is 1.00 e. The van der Waals surface area contributed by atoms with E-state index in [9.17, 15) is 4.79 Å². The highest BCUT2D eigenvalue weighted by Crippen LogP contribution is 2.07. The predicted octanol–water partition coefficient (Wildman–Crippen LogP) is -1.57. The molecule has 0 radical (unpaired) electrons. The molecule has 8 heteroatoms. The maximum atomic E-state index is 12.0. The number of amides is 2. The van der Waals surface area contributed by atoms with Crippen molar-refractivity contribution < 1.29 is 33.1 Å². The van der Waals surface area contributed by atoms with Crippen molar-refractivity contribution >= 4 is 17.4 Å². The number of rotatable bonds is 4. The monoisotopic (exact) mass is 388 g/mol. The molecule has 7 N–H and O–H groups in total. The molecule has 0 fully saturated rings. The number of aromatic amines is 1. The molecule has 1 aromatic heterocycles. The number of hydrogen-bond acceptors (Lipinski definition) is 2. The molecule has 0 aliphatic heterocycles. The Morgan fingerprint density at radius 3 is 2.00 bits per heavy atom. The fraction of sp³-hybridized carbons (Fsp3) is 0. The average molecular weight is 389 g/mol. The Morgan fingerprint density at radius 1 is 0.815 bits per heavy atom. The van der Waals surface area contributed by atoms with Gasteiger partial charge in [-0.1, -0.05) is 48.5 Å². The Labute approximate surface area is 163 Å². The van der Waals surface area contributed by atoms with Crippen LogP contribution in [0.4, 0.5) is 10.5 Å². The third-order valence-corrected chi connectivity index (χ3v) is 3.31. The van der Waals surface area contributed by atoms with E-state index in [1.54, 1.807) is 0 Å². The minimum Gasteiger partial charge on any atom is -1.00 e. The van der Waals surface area contributed by atoms with Crippen molar-refractivity contribution in [3.05, 3.63) is 96.3 Å². The quantitative estimate of drug-likeness (QED) is 0.406. The molecule has 0 spiro atoms. The molecule has 3 rings (SSSR count). The zero-order valence-corrected chi connectivity index (χ0v) is 15.1. The summed E-state index contributed by atoms with van der Waals surface area (Å²) in [5.41, 5.74) is 5.62. The Balaban J connectivity index is 0.00000225. The minimum absolute atomic E-state index is 0. The van der Waals surface area contributed by atoms with Gasteiger partial charge in [0.15, 0.2) is 11.9 Å². The highest BCUT2D eigenvalue weighted by atomic mass is 35.5. The van der Waals surface area contributed by atoms with Crippen LogP contribution in [0.2, 0.25) is 0 Å². The molecule has 2 aromatic carbocycles. The zero-order chi connectivity index (χ0) is 16.6. The first-order valence-corrected chi connectivity index (χ1v) is 7.55. The molecule has 0 aliphatic rings. The normalized spacial score (nSPS) is 9.70. The van der Waals surface area contributed by atoms with Gasteiger partial charge in [-0.25, -0.2) is 15.2 Å². The second-order valence-electron chi connectivity index (χ2n) is 5.03. The summed E-state index contributed by atoms with van der Waals surface area (Å²) >= 11 is 0. The van der Waals surface area contributed by atoms with E-state index in [0.29, 0.717) is 11.4 Å². The molecule has 3 aromatic rings. The molecule has 0 aliphatic carbocycles. The summed E-state index contributed by atoms with van der Waals surface area (Å²) in [5, 5.41) is 7.02. The van der Waals surface area contributed by atoms with Crippen LogP contribution in [0.3, 0.4) is 0 Å². The standard InChI is InChI=1S/C19H16N4O.ClH.2H2O/c24-19(21-16-11-5-2-6-12-16)23-22-18(15-9-3-1-4-10-15)17-13-7-8-14-20-17;;;/h1-14H,(H2,21,23,24);1H;2*1H2/b22-18+;;;. The third kappa shape index (κ3) is 6.87.